The second-order valence-corrected chi connectivity index (χ2v) is 13.5. The van der Waals surface area contributed by atoms with E-state index in [0.29, 0.717) is 31.8 Å². The Balaban J connectivity index is 0.000000145. The van der Waals surface area contributed by atoms with Gasteiger partial charge in [-0.1, -0.05) is 35.4 Å². The lowest BCUT2D eigenvalue weighted by Gasteiger charge is -2.05. The van der Waals surface area contributed by atoms with Crippen LogP contribution in [0.15, 0.2) is 89.2 Å². The summed E-state index contributed by atoms with van der Waals surface area (Å²) in [6.07, 6.45) is 6.46. The monoisotopic (exact) mass is 742 g/mol. The van der Waals surface area contributed by atoms with Crippen LogP contribution in [0.2, 0.25) is 0 Å². The van der Waals surface area contributed by atoms with Crippen molar-refractivity contribution in [2.45, 2.75) is 13.8 Å². The Bertz CT molecular complexity index is 2540. The Hall–Kier alpha value is -4.73. The first-order valence-corrected chi connectivity index (χ1v) is 16.3. The largest absolute Gasteiger partial charge is 0.398 e. The van der Waals surface area contributed by atoms with E-state index < -0.39 is 0 Å². The van der Waals surface area contributed by atoms with Crippen LogP contribution in [0.4, 0.5) is 11.4 Å². The zero-order valence-corrected chi connectivity index (χ0v) is 27.6. The molecule has 0 radical (unpaired) electrons. The van der Waals surface area contributed by atoms with Crippen molar-refractivity contribution in [1.29, 1.82) is 0 Å². The highest BCUT2D eigenvalue weighted by atomic mass is 127. The second-order valence-electron chi connectivity index (χ2n) is 10.4. The van der Waals surface area contributed by atoms with E-state index in [9.17, 15) is 9.59 Å². The van der Waals surface area contributed by atoms with Crippen molar-refractivity contribution in [2.75, 3.05) is 11.5 Å². The lowest BCUT2D eigenvalue weighted by molar-refractivity contribution is 0.966. The highest BCUT2D eigenvalue weighted by Gasteiger charge is 2.17. The van der Waals surface area contributed by atoms with Crippen LogP contribution in [0.25, 0.3) is 52.2 Å². The third kappa shape index (κ3) is 5.02. The number of benzene rings is 2. The van der Waals surface area contributed by atoms with Crippen molar-refractivity contribution in [3.05, 3.63) is 115 Å². The zero-order chi connectivity index (χ0) is 31.4. The molecule has 0 aliphatic rings. The molecule has 0 spiro atoms. The van der Waals surface area contributed by atoms with Crippen molar-refractivity contribution < 1.29 is 0 Å². The average molecular weight is 743 g/mol. The molecule has 0 aliphatic heterocycles. The molecule has 222 valence electrons. The number of pyridine rings is 2. The molecule has 0 saturated carbocycles. The summed E-state index contributed by atoms with van der Waals surface area (Å²) in [6.45, 7) is 4.02. The summed E-state index contributed by atoms with van der Waals surface area (Å²) < 4.78 is 5.11. The molecule has 6 heterocycles. The number of rotatable bonds is 2. The molecule has 13 heteroatoms. The molecule has 2 aromatic carbocycles. The smallest absolute Gasteiger partial charge is 0.275 e. The van der Waals surface area contributed by atoms with E-state index in [1.54, 1.807) is 40.2 Å². The summed E-state index contributed by atoms with van der Waals surface area (Å²) in [4.78, 5) is 44.7. The van der Waals surface area contributed by atoms with E-state index in [0.717, 1.165) is 46.5 Å². The molecule has 8 aromatic rings. The third-order valence-electron chi connectivity index (χ3n) is 7.34. The van der Waals surface area contributed by atoms with Crippen molar-refractivity contribution in [3.63, 3.8) is 0 Å². The normalized spacial score (nSPS) is 11.4. The number of hydrogen-bond donors (Lipinski definition) is 2. The number of halogens is 1. The highest BCUT2D eigenvalue weighted by Crippen LogP contribution is 2.35. The first-order valence-electron chi connectivity index (χ1n) is 13.6. The molecule has 0 fully saturated rings. The van der Waals surface area contributed by atoms with E-state index in [1.165, 1.54) is 22.7 Å². The summed E-state index contributed by atoms with van der Waals surface area (Å²) in [5.41, 5.74) is 18.3. The van der Waals surface area contributed by atoms with E-state index in [1.807, 2.05) is 62.4 Å². The minimum atomic E-state index is -0.101. The third-order valence-corrected chi connectivity index (χ3v) is 10.3. The van der Waals surface area contributed by atoms with Crippen molar-refractivity contribution in [2.24, 2.45) is 0 Å². The number of aryl methyl sites for hydroxylation is 2. The summed E-state index contributed by atoms with van der Waals surface area (Å²) in [5.74, 6) is 0. The first kappa shape index (κ1) is 29.0. The van der Waals surface area contributed by atoms with E-state index in [-0.39, 0.29) is 11.1 Å². The van der Waals surface area contributed by atoms with Gasteiger partial charge in [-0.05, 0) is 66.8 Å². The molecule has 0 bridgehead atoms. The molecule has 0 aliphatic carbocycles. The van der Waals surface area contributed by atoms with Crippen molar-refractivity contribution in [1.82, 2.24) is 29.1 Å². The van der Waals surface area contributed by atoms with Crippen LogP contribution in [-0.4, -0.2) is 29.1 Å². The Morgan fingerprint density at radius 2 is 1.16 bits per heavy atom. The maximum absolute atomic E-state index is 12.8. The van der Waals surface area contributed by atoms with Gasteiger partial charge in [0.2, 0.25) is 0 Å². The molecule has 0 unspecified atom stereocenters. The van der Waals surface area contributed by atoms with Gasteiger partial charge in [0.15, 0.2) is 0 Å². The number of anilines is 2. The number of fused-ring (bicyclic) bond motifs is 6. The van der Waals surface area contributed by atoms with Gasteiger partial charge in [0.05, 0.1) is 36.9 Å². The van der Waals surface area contributed by atoms with E-state index >= 15 is 0 Å². The Labute approximate surface area is 276 Å². The lowest BCUT2D eigenvalue weighted by Crippen LogP contribution is -2.17. The van der Waals surface area contributed by atoms with Gasteiger partial charge >= 0.3 is 0 Å². The number of hydrogen-bond acceptors (Lipinski definition) is 10. The van der Waals surface area contributed by atoms with Crippen LogP contribution < -0.4 is 22.6 Å². The SMILES string of the molecule is Cc1ccc(-n2cnc3c(sc4ncc(I)c(N)c43)c2=O)cc1.Cc1ccc(-n2cnc3c(sc4nccc(N)c43)c2=O)cc1. The maximum Gasteiger partial charge on any atom is 0.275 e. The van der Waals surface area contributed by atoms with Gasteiger partial charge in [-0.3, -0.25) is 18.7 Å². The molecular formula is C32H23IN8O2S2. The Morgan fingerprint density at radius 3 is 1.69 bits per heavy atom. The van der Waals surface area contributed by atoms with E-state index in [4.69, 9.17) is 11.5 Å². The molecule has 0 amide bonds. The van der Waals surface area contributed by atoms with Crippen LogP contribution >= 0.6 is 45.3 Å². The van der Waals surface area contributed by atoms with Gasteiger partial charge in [-0.15, -0.1) is 22.7 Å². The van der Waals surface area contributed by atoms with Crippen LogP contribution in [0.3, 0.4) is 0 Å². The molecule has 45 heavy (non-hydrogen) atoms. The number of nitrogens with two attached hydrogens (primary N) is 2. The fourth-order valence-electron chi connectivity index (χ4n) is 4.95. The number of nitrogen functional groups attached to an aromatic ring is 2. The van der Waals surface area contributed by atoms with Gasteiger partial charge in [0, 0.05) is 18.1 Å². The number of aromatic nitrogens is 6. The van der Waals surface area contributed by atoms with Gasteiger partial charge in [-0.2, -0.15) is 0 Å². The van der Waals surface area contributed by atoms with Crippen molar-refractivity contribution >= 4 is 97.5 Å². The predicted molar refractivity (Wildman–Crippen MR) is 192 cm³/mol. The van der Waals surface area contributed by atoms with E-state index in [2.05, 4.69) is 42.5 Å². The number of nitrogens with zero attached hydrogens (tertiary/aromatic N) is 6. The van der Waals surface area contributed by atoms with Crippen LogP contribution in [-0.2, 0) is 0 Å². The zero-order valence-electron chi connectivity index (χ0n) is 23.9. The number of thiophene rings is 2. The molecule has 4 N–H and O–H groups in total. The highest BCUT2D eigenvalue weighted by molar-refractivity contribution is 14.1. The summed E-state index contributed by atoms with van der Waals surface area (Å²) in [6, 6.07) is 17.2. The van der Waals surface area contributed by atoms with Gasteiger partial charge in [0.25, 0.3) is 11.1 Å². The Kier molecular flexibility index (Phi) is 7.30. The molecule has 0 atom stereocenters. The fraction of sp³-hybridized carbons (Fsp3) is 0.0625. The topological polar surface area (TPSA) is 148 Å². The standard InChI is InChI=1S/C16H11IN4OS.C16H12N4OS/c1-8-2-4-9(5-3-8)21-7-20-13-11-12(18)10(17)6-19-15(11)23-14(13)16(21)22;1-9-2-4-10(5-3-9)20-8-19-13-12-11(17)6-7-18-15(12)22-14(13)16(20)21/h2-7H,1H3,(H2,18,19);2-8H,1H3,(H2,17,18). The minimum absolute atomic E-state index is 0.101. The van der Waals surface area contributed by atoms with Crippen LogP contribution in [0.1, 0.15) is 11.1 Å². The van der Waals surface area contributed by atoms with Gasteiger partial charge in [-0.25, -0.2) is 19.9 Å². The first-order chi connectivity index (χ1) is 21.7. The fourth-order valence-corrected chi connectivity index (χ4v) is 7.46. The minimum Gasteiger partial charge on any atom is -0.398 e. The molecule has 10 nitrogen and oxygen atoms in total. The quantitative estimate of drug-likeness (QED) is 0.194. The Morgan fingerprint density at radius 1 is 0.667 bits per heavy atom. The molecular weight excluding hydrogens is 719 g/mol. The molecule has 0 saturated heterocycles. The molecule has 6 aromatic heterocycles. The average Bonchev–Trinajstić information content (AvgIpc) is 3.62. The maximum atomic E-state index is 12.8. The summed E-state index contributed by atoms with van der Waals surface area (Å²) >= 11 is 4.80. The molecule has 8 rings (SSSR count). The van der Waals surface area contributed by atoms with Crippen LogP contribution in [0, 0.1) is 17.4 Å². The predicted octanol–water partition coefficient (Wildman–Crippen LogP) is 6.38. The summed E-state index contributed by atoms with van der Waals surface area (Å²) in [5, 5.41) is 1.53. The van der Waals surface area contributed by atoms with Gasteiger partial charge in [0.1, 0.15) is 37.2 Å². The van der Waals surface area contributed by atoms with Crippen molar-refractivity contribution in [3.8, 4) is 11.4 Å². The van der Waals surface area contributed by atoms with Crippen LogP contribution in [0.5, 0.6) is 0 Å². The summed E-state index contributed by atoms with van der Waals surface area (Å²) in [7, 11) is 0. The van der Waals surface area contributed by atoms with Gasteiger partial charge < -0.3 is 11.5 Å². The lowest BCUT2D eigenvalue weighted by atomic mass is 10.2. The second kappa shape index (κ2) is 11.3.